The van der Waals surface area contributed by atoms with Gasteiger partial charge in [0.15, 0.2) is 0 Å². The van der Waals surface area contributed by atoms with Gasteiger partial charge < -0.3 is 10.1 Å². The molecule has 3 N–H and O–H groups in total. The first-order chi connectivity index (χ1) is 12.7. The Morgan fingerprint density at radius 3 is 2.27 bits per heavy atom. The highest BCUT2D eigenvalue weighted by Gasteiger charge is 2.19. The number of hydrogen-bond donors (Lipinski definition) is 3. The van der Waals surface area contributed by atoms with Gasteiger partial charge in [0.05, 0.1) is 6.61 Å². The van der Waals surface area contributed by atoms with Crippen molar-refractivity contribution in [3.63, 3.8) is 0 Å². The van der Waals surface area contributed by atoms with Gasteiger partial charge in [-0.15, -0.1) is 0 Å². The van der Waals surface area contributed by atoms with Crippen LogP contribution in [0, 0.1) is 0 Å². The topological polar surface area (TPSA) is 87.7 Å². The van der Waals surface area contributed by atoms with Crippen molar-refractivity contribution in [2.45, 2.75) is 38.4 Å². The fraction of sp³-hybridized carbons (Fsp3) is 0.300. The highest BCUT2D eigenvalue weighted by molar-refractivity contribution is 5.94. The Hall–Kier alpha value is -2.70. The molecule has 0 aliphatic heterocycles. The lowest BCUT2D eigenvalue weighted by molar-refractivity contribution is -0.129. The van der Waals surface area contributed by atoms with Crippen LogP contribution in [0.1, 0.15) is 31.2 Å². The number of carbonyl (C=O) groups excluding carboxylic acids is 2. The second-order valence-corrected chi connectivity index (χ2v) is 5.92. The minimum absolute atomic E-state index is 0.209. The van der Waals surface area contributed by atoms with Crippen molar-refractivity contribution in [3.8, 4) is 0 Å². The molecular weight excluding hydrogens is 332 g/mol. The largest absolute Gasteiger partial charge is 0.364 e. The van der Waals surface area contributed by atoms with Gasteiger partial charge in [0.2, 0.25) is 5.91 Å². The van der Waals surface area contributed by atoms with Crippen LogP contribution in [0.25, 0.3) is 0 Å². The molecule has 2 amide bonds. The van der Waals surface area contributed by atoms with Crippen molar-refractivity contribution >= 4 is 17.5 Å². The standard InChI is InChI=1S/C20H24N2O4/c23-19(22-25)14-8-7-13-18(26-15-16-9-3-1-4-10-16)20(24)21-17-11-5-2-6-12-17/h1-6,9-12,18,25H,7-8,13-15H2,(H,21,24)(H,22,23). The maximum Gasteiger partial charge on any atom is 0.253 e. The molecule has 2 rings (SSSR count). The molecule has 6 heteroatoms. The van der Waals surface area contributed by atoms with Crippen molar-refractivity contribution in [2.24, 2.45) is 0 Å². The van der Waals surface area contributed by atoms with Crippen LogP contribution in [0.2, 0.25) is 0 Å². The van der Waals surface area contributed by atoms with Gasteiger partial charge in [-0.2, -0.15) is 0 Å². The van der Waals surface area contributed by atoms with E-state index in [4.69, 9.17) is 9.94 Å². The smallest absolute Gasteiger partial charge is 0.253 e. The third-order valence-corrected chi connectivity index (χ3v) is 3.87. The average Bonchev–Trinajstić information content (AvgIpc) is 2.68. The molecule has 2 aromatic rings. The maximum atomic E-state index is 12.6. The van der Waals surface area contributed by atoms with Crippen LogP contribution in [0.5, 0.6) is 0 Å². The van der Waals surface area contributed by atoms with E-state index in [0.29, 0.717) is 31.6 Å². The Balaban J connectivity index is 1.90. The lowest BCUT2D eigenvalue weighted by Gasteiger charge is -2.18. The Labute approximate surface area is 153 Å². The minimum Gasteiger partial charge on any atom is -0.364 e. The van der Waals surface area contributed by atoms with E-state index in [1.165, 1.54) is 0 Å². The molecule has 0 aliphatic carbocycles. The van der Waals surface area contributed by atoms with Gasteiger partial charge in [0, 0.05) is 12.1 Å². The van der Waals surface area contributed by atoms with Crippen molar-refractivity contribution in [3.05, 3.63) is 66.2 Å². The molecule has 0 aliphatic rings. The van der Waals surface area contributed by atoms with Gasteiger partial charge in [-0.1, -0.05) is 48.5 Å². The zero-order valence-electron chi connectivity index (χ0n) is 14.6. The third-order valence-electron chi connectivity index (χ3n) is 3.87. The summed E-state index contributed by atoms with van der Waals surface area (Å²) in [6.45, 7) is 0.338. The van der Waals surface area contributed by atoms with Crippen LogP contribution in [0.15, 0.2) is 60.7 Å². The monoisotopic (exact) mass is 356 g/mol. The van der Waals surface area contributed by atoms with E-state index in [1.807, 2.05) is 60.7 Å². The van der Waals surface area contributed by atoms with Gasteiger partial charge >= 0.3 is 0 Å². The molecule has 26 heavy (non-hydrogen) atoms. The molecular formula is C20H24N2O4. The summed E-state index contributed by atoms with van der Waals surface area (Å²) in [7, 11) is 0. The Morgan fingerprint density at radius 2 is 1.62 bits per heavy atom. The number of unbranched alkanes of at least 4 members (excludes halogenated alkanes) is 1. The van der Waals surface area contributed by atoms with Crippen molar-refractivity contribution in [2.75, 3.05) is 5.32 Å². The number of ether oxygens (including phenoxy) is 1. The predicted molar refractivity (Wildman–Crippen MR) is 98.5 cm³/mol. The number of carbonyl (C=O) groups is 2. The fourth-order valence-electron chi connectivity index (χ4n) is 2.48. The molecule has 0 bridgehead atoms. The molecule has 0 fully saturated rings. The SMILES string of the molecule is O=C(CCCCC(OCc1ccccc1)C(=O)Nc1ccccc1)NO. The van der Waals surface area contributed by atoms with Gasteiger partial charge in [-0.3, -0.25) is 14.8 Å². The van der Waals surface area contributed by atoms with E-state index in [0.717, 1.165) is 5.56 Å². The zero-order chi connectivity index (χ0) is 18.6. The Kier molecular flexibility index (Phi) is 8.32. The first-order valence-electron chi connectivity index (χ1n) is 8.63. The second-order valence-electron chi connectivity index (χ2n) is 5.92. The van der Waals surface area contributed by atoms with Crippen LogP contribution in [-0.4, -0.2) is 23.1 Å². The lowest BCUT2D eigenvalue weighted by Crippen LogP contribution is -2.30. The third kappa shape index (κ3) is 7.04. The molecule has 2 aromatic carbocycles. The van der Waals surface area contributed by atoms with Crippen molar-refractivity contribution < 1.29 is 19.5 Å². The average molecular weight is 356 g/mol. The number of amides is 2. The van der Waals surface area contributed by atoms with Gasteiger partial charge in [-0.25, -0.2) is 5.48 Å². The fourth-order valence-corrected chi connectivity index (χ4v) is 2.48. The highest BCUT2D eigenvalue weighted by atomic mass is 16.5. The van der Waals surface area contributed by atoms with E-state index in [9.17, 15) is 9.59 Å². The summed E-state index contributed by atoms with van der Waals surface area (Å²) in [4.78, 5) is 23.6. The van der Waals surface area contributed by atoms with Crippen molar-refractivity contribution in [1.29, 1.82) is 0 Å². The molecule has 0 saturated carbocycles. The molecule has 1 unspecified atom stereocenters. The van der Waals surface area contributed by atoms with Gasteiger partial charge in [0.1, 0.15) is 6.10 Å². The highest BCUT2D eigenvalue weighted by Crippen LogP contribution is 2.14. The predicted octanol–water partition coefficient (Wildman–Crippen LogP) is 3.28. The van der Waals surface area contributed by atoms with E-state index >= 15 is 0 Å². The van der Waals surface area contributed by atoms with E-state index in [1.54, 1.807) is 5.48 Å². The number of benzene rings is 2. The Morgan fingerprint density at radius 1 is 0.962 bits per heavy atom. The first kappa shape index (κ1) is 19.6. The molecule has 6 nitrogen and oxygen atoms in total. The second kappa shape index (κ2) is 11.0. The summed E-state index contributed by atoms with van der Waals surface area (Å²) in [5.41, 5.74) is 3.31. The van der Waals surface area contributed by atoms with Crippen molar-refractivity contribution in [1.82, 2.24) is 5.48 Å². The summed E-state index contributed by atoms with van der Waals surface area (Å²) >= 11 is 0. The molecule has 0 heterocycles. The summed E-state index contributed by atoms with van der Waals surface area (Å²) in [5, 5.41) is 11.4. The molecule has 1 atom stereocenters. The van der Waals surface area contributed by atoms with Crippen LogP contribution in [0.4, 0.5) is 5.69 Å². The normalized spacial score (nSPS) is 11.6. The van der Waals surface area contributed by atoms with Crippen LogP contribution in [-0.2, 0) is 20.9 Å². The summed E-state index contributed by atoms with van der Waals surface area (Å²) in [6, 6.07) is 18.9. The molecule has 0 saturated heterocycles. The number of hydroxylamine groups is 1. The molecule has 0 radical (unpaired) electrons. The zero-order valence-corrected chi connectivity index (χ0v) is 14.6. The lowest BCUT2D eigenvalue weighted by atomic mass is 10.1. The van der Waals surface area contributed by atoms with E-state index in [2.05, 4.69) is 5.32 Å². The van der Waals surface area contributed by atoms with Crippen LogP contribution >= 0.6 is 0 Å². The van der Waals surface area contributed by atoms with Crippen LogP contribution in [0.3, 0.4) is 0 Å². The van der Waals surface area contributed by atoms with Gasteiger partial charge in [0.25, 0.3) is 5.91 Å². The molecule has 138 valence electrons. The van der Waals surface area contributed by atoms with Gasteiger partial charge in [-0.05, 0) is 37.0 Å². The number of hydrogen-bond acceptors (Lipinski definition) is 4. The summed E-state index contributed by atoms with van der Waals surface area (Å²) < 4.78 is 5.83. The van der Waals surface area contributed by atoms with Crippen LogP contribution < -0.4 is 10.8 Å². The number of para-hydroxylation sites is 1. The van der Waals surface area contributed by atoms with E-state index in [-0.39, 0.29) is 12.3 Å². The minimum atomic E-state index is -0.618. The number of rotatable bonds is 10. The molecule has 0 aromatic heterocycles. The summed E-state index contributed by atoms with van der Waals surface area (Å²) in [5.74, 6) is -0.640. The number of nitrogens with one attached hydrogen (secondary N) is 2. The maximum absolute atomic E-state index is 12.6. The first-order valence-corrected chi connectivity index (χ1v) is 8.63. The summed E-state index contributed by atoms with van der Waals surface area (Å²) in [6.07, 6.45) is 1.28. The van der Waals surface area contributed by atoms with E-state index < -0.39 is 12.0 Å². The molecule has 0 spiro atoms. The Bertz CT molecular complexity index is 677. The number of anilines is 1. The quantitative estimate of drug-likeness (QED) is 0.346.